The number of fused-ring (bicyclic) bond motifs is 1. The zero-order chi connectivity index (χ0) is 20.8. The topological polar surface area (TPSA) is 121 Å². The van der Waals surface area contributed by atoms with Gasteiger partial charge in [-0.25, -0.2) is 4.98 Å². The highest BCUT2D eigenvalue weighted by Crippen LogP contribution is 2.34. The molecule has 1 fully saturated rings. The maximum atomic E-state index is 12.3. The highest BCUT2D eigenvalue weighted by Gasteiger charge is 2.39. The molecule has 0 spiro atoms. The number of unbranched alkanes of at least 4 members (excludes halogenated alkanes) is 1. The fourth-order valence-electron chi connectivity index (χ4n) is 3.59. The van der Waals surface area contributed by atoms with Crippen LogP contribution in [0.3, 0.4) is 0 Å². The number of allylic oxidation sites excluding steroid dienone is 3. The van der Waals surface area contributed by atoms with Crippen molar-refractivity contribution in [1.82, 2.24) is 4.98 Å². The number of aliphatic carboxylic acids is 1. The number of carboxylic acid groups (broad SMARTS) is 1. The summed E-state index contributed by atoms with van der Waals surface area (Å²) in [6.45, 7) is 0. The van der Waals surface area contributed by atoms with Crippen LogP contribution in [0.15, 0.2) is 53.0 Å². The summed E-state index contributed by atoms with van der Waals surface area (Å²) in [5.41, 5.74) is 1.22. The van der Waals surface area contributed by atoms with Crippen LogP contribution in [0, 0.1) is 11.8 Å². The van der Waals surface area contributed by atoms with Crippen molar-refractivity contribution >= 4 is 22.9 Å². The number of para-hydroxylation sites is 2. The summed E-state index contributed by atoms with van der Waals surface area (Å²) in [5.74, 6) is -1.50. The number of hydrogen-bond donors (Lipinski definition) is 3. The summed E-state index contributed by atoms with van der Waals surface area (Å²) >= 11 is 0. The average Bonchev–Trinajstić information content (AvgIpc) is 3.23. The zero-order valence-corrected chi connectivity index (χ0v) is 16.0. The van der Waals surface area contributed by atoms with Crippen LogP contribution < -0.4 is 0 Å². The Morgan fingerprint density at radius 3 is 2.86 bits per heavy atom. The molecule has 0 radical (unpaired) electrons. The number of carbonyl (C=O) groups excluding carboxylic acids is 1. The standard InChI is InChI=1S/C22H25NO6/c24-17(22-23-16-8-5-6-9-20(16)29-22)12-11-15-14(18(25)13-19(15)26)7-3-1-2-4-10-21(27)28/h1,3,5-6,8-9,11-12,14-15,17-18,24-25H,2,4,7,10,13H2,(H,27,28)/b3-1-,12-11+/t14-,15-,17-,18+/m1/s1. The van der Waals surface area contributed by atoms with Crippen LogP contribution >= 0.6 is 0 Å². The Hall–Kier alpha value is -2.77. The second-order valence-electron chi connectivity index (χ2n) is 7.27. The van der Waals surface area contributed by atoms with Gasteiger partial charge in [-0.15, -0.1) is 0 Å². The number of carboxylic acids is 1. The Kier molecular flexibility index (Phi) is 6.95. The number of nitrogens with zero attached hydrogens (tertiary/aromatic N) is 1. The van der Waals surface area contributed by atoms with Crippen LogP contribution in [0.2, 0.25) is 0 Å². The van der Waals surface area contributed by atoms with Crippen LogP contribution in [0.25, 0.3) is 11.1 Å². The Morgan fingerprint density at radius 1 is 1.31 bits per heavy atom. The third-order valence-corrected chi connectivity index (χ3v) is 5.14. The summed E-state index contributed by atoms with van der Waals surface area (Å²) < 4.78 is 5.54. The van der Waals surface area contributed by atoms with Gasteiger partial charge in [0.15, 0.2) is 5.58 Å². The molecule has 1 aliphatic rings. The second kappa shape index (κ2) is 9.62. The fraction of sp³-hybridized carbons (Fsp3) is 0.409. The van der Waals surface area contributed by atoms with E-state index in [1.54, 1.807) is 18.2 Å². The highest BCUT2D eigenvalue weighted by molar-refractivity contribution is 5.86. The summed E-state index contributed by atoms with van der Waals surface area (Å²) in [5, 5.41) is 29.2. The van der Waals surface area contributed by atoms with Crippen molar-refractivity contribution < 1.29 is 29.3 Å². The third-order valence-electron chi connectivity index (χ3n) is 5.14. The highest BCUT2D eigenvalue weighted by atomic mass is 16.4. The van der Waals surface area contributed by atoms with E-state index in [9.17, 15) is 19.8 Å². The van der Waals surface area contributed by atoms with E-state index >= 15 is 0 Å². The molecule has 1 aliphatic carbocycles. The van der Waals surface area contributed by atoms with E-state index in [1.807, 2.05) is 24.3 Å². The average molecular weight is 399 g/mol. The van der Waals surface area contributed by atoms with Crippen molar-refractivity contribution in [2.24, 2.45) is 11.8 Å². The van der Waals surface area contributed by atoms with Gasteiger partial charge in [-0.2, -0.15) is 0 Å². The maximum Gasteiger partial charge on any atom is 0.303 e. The number of aliphatic hydroxyl groups excluding tert-OH is 2. The Morgan fingerprint density at radius 2 is 2.10 bits per heavy atom. The monoisotopic (exact) mass is 399 g/mol. The maximum absolute atomic E-state index is 12.3. The quantitative estimate of drug-likeness (QED) is 0.437. The van der Waals surface area contributed by atoms with Crippen molar-refractivity contribution in [3.05, 3.63) is 54.5 Å². The summed E-state index contributed by atoms with van der Waals surface area (Å²) in [6, 6.07) is 7.19. The van der Waals surface area contributed by atoms with Gasteiger partial charge >= 0.3 is 5.97 Å². The first-order chi connectivity index (χ1) is 14.0. The van der Waals surface area contributed by atoms with Gasteiger partial charge in [0.2, 0.25) is 5.89 Å². The van der Waals surface area contributed by atoms with Crippen molar-refractivity contribution in [2.45, 2.75) is 44.3 Å². The SMILES string of the molecule is O=C(O)CCC/C=C\C[C@H]1[C@@H](O)CC(=O)[C@@H]1/C=C/[C@@H](O)c1nc2ccccc2o1. The normalized spacial score (nSPS) is 23.5. The Bertz CT molecular complexity index is 882. The first-order valence-electron chi connectivity index (χ1n) is 9.75. The number of benzene rings is 1. The fourth-order valence-corrected chi connectivity index (χ4v) is 3.59. The van der Waals surface area contributed by atoms with Crippen LogP contribution in [0.1, 0.15) is 44.1 Å². The summed E-state index contributed by atoms with van der Waals surface area (Å²) in [4.78, 5) is 27.0. The predicted octanol–water partition coefficient (Wildman–Crippen LogP) is 3.18. The van der Waals surface area contributed by atoms with Gasteiger partial charge in [-0.05, 0) is 31.4 Å². The lowest BCUT2D eigenvalue weighted by atomic mass is 9.90. The van der Waals surface area contributed by atoms with Crippen molar-refractivity contribution in [2.75, 3.05) is 0 Å². The molecule has 29 heavy (non-hydrogen) atoms. The van der Waals surface area contributed by atoms with E-state index in [1.165, 1.54) is 6.08 Å². The molecule has 1 heterocycles. The Labute approximate surface area is 168 Å². The largest absolute Gasteiger partial charge is 0.481 e. The number of aromatic nitrogens is 1. The van der Waals surface area contributed by atoms with Crippen LogP contribution in [-0.2, 0) is 9.59 Å². The van der Waals surface area contributed by atoms with E-state index < -0.39 is 24.1 Å². The molecular formula is C22H25NO6. The summed E-state index contributed by atoms with van der Waals surface area (Å²) in [6.07, 6.45) is 6.96. The molecule has 0 amide bonds. The number of Topliss-reactive ketones (excluding diaryl/α,β-unsaturated/α-hetero) is 1. The lowest BCUT2D eigenvalue weighted by Gasteiger charge is -2.16. The van der Waals surface area contributed by atoms with Gasteiger partial charge in [0.05, 0.1) is 6.10 Å². The first-order valence-corrected chi connectivity index (χ1v) is 9.75. The van der Waals surface area contributed by atoms with E-state index in [-0.39, 0.29) is 30.4 Å². The minimum Gasteiger partial charge on any atom is -0.481 e. The molecule has 7 heteroatoms. The van der Waals surface area contributed by atoms with Gasteiger partial charge in [0, 0.05) is 24.7 Å². The molecule has 0 saturated heterocycles. The van der Waals surface area contributed by atoms with Gasteiger partial charge < -0.3 is 19.7 Å². The van der Waals surface area contributed by atoms with E-state index in [4.69, 9.17) is 9.52 Å². The van der Waals surface area contributed by atoms with Crippen LogP contribution in [0.5, 0.6) is 0 Å². The molecule has 1 saturated carbocycles. The lowest BCUT2D eigenvalue weighted by molar-refractivity contribution is -0.137. The molecule has 3 rings (SSSR count). The number of rotatable bonds is 9. The van der Waals surface area contributed by atoms with Crippen molar-refractivity contribution in [3.63, 3.8) is 0 Å². The lowest BCUT2D eigenvalue weighted by Crippen LogP contribution is -2.18. The summed E-state index contributed by atoms with van der Waals surface area (Å²) in [7, 11) is 0. The molecule has 3 N–H and O–H groups in total. The van der Waals surface area contributed by atoms with Gasteiger partial charge in [0.25, 0.3) is 0 Å². The van der Waals surface area contributed by atoms with Gasteiger partial charge in [-0.1, -0.05) is 36.4 Å². The molecule has 4 atom stereocenters. The first kappa shape index (κ1) is 21.0. The zero-order valence-electron chi connectivity index (χ0n) is 16.0. The minimum absolute atomic E-state index is 0.0669. The molecule has 0 bridgehead atoms. The molecule has 154 valence electrons. The predicted molar refractivity (Wildman–Crippen MR) is 106 cm³/mol. The molecule has 1 aromatic heterocycles. The van der Waals surface area contributed by atoms with Crippen molar-refractivity contribution in [3.8, 4) is 0 Å². The molecule has 2 aromatic rings. The number of aliphatic hydroxyl groups is 2. The smallest absolute Gasteiger partial charge is 0.303 e. The number of oxazole rings is 1. The van der Waals surface area contributed by atoms with E-state index in [0.717, 1.165) is 0 Å². The molecule has 1 aromatic carbocycles. The van der Waals surface area contributed by atoms with E-state index in [0.29, 0.717) is 30.4 Å². The minimum atomic E-state index is -1.08. The van der Waals surface area contributed by atoms with Crippen molar-refractivity contribution in [1.29, 1.82) is 0 Å². The van der Waals surface area contributed by atoms with E-state index in [2.05, 4.69) is 4.98 Å². The molecule has 0 aliphatic heterocycles. The third kappa shape index (κ3) is 5.40. The number of carbonyl (C=O) groups is 2. The number of hydrogen-bond acceptors (Lipinski definition) is 6. The molecular weight excluding hydrogens is 374 g/mol. The van der Waals surface area contributed by atoms with Gasteiger partial charge in [0.1, 0.15) is 17.4 Å². The second-order valence-corrected chi connectivity index (χ2v) is 7.27. The molecule has 0 unspecified atom stereocenters. The Balaban J connectivity index is 1.61. The molecule has 7 nitrogen and oxygen atoms in total. The van der Waals surface area contributed by atoms with Gasteiger partial charge in [-0.3, -0.25) is 9.59 Å². The number of ketones is 1. The van der Waals surface area contributed by atoms with Crippen LogP contribution in [0.4, 0.5) is 0 Å². The van der Waals surface area contributed by atoms with Crippen LogP contribution in [-0.4, -0.2) is 38.2 Å².